The van der Waals surface area contributed by atoms with Crippen molar-refractivity contribution in [2.24, 2.45) is 52.3 Å². The Kier molecular flexibility index (Phi) is 2.56. The monoisotopic (exact) mass is 366 g/mol. The first kappa shape index (κ1) is 15.8. The number of allylic oxidation sites excluding steroid dienone is 1. The molecular formula is C24H30O3. The van der Waals surface area contributed by atoms with Crippen molar-refractivity contribution >= 4 is 11.8 Å². The summed E-state index contributed by atoms with van der Waals surface area (Å²) in [4.78, 5) is 24.3. The van der Waals surface area contributed by atoms with E-state index in [2.05, 4.69) is 19.9 Å². The van der Waals surface area contributed by atoms with E-state index in [0.717, 1.165) is 48.9 Å². The molecule has 1 aliphatic heterocycles. The maximum atomic E-state index is 12.2. The van der Waals surface area contributed by atoms with Crippen molar-refractivity contribution in [1.29, 1.82) is 0 Å². The predicted octanol–water partition coefficient (Wildman–Crippen LogP) is 4.31. The van der Waals surface area contributed by atoms with Crippen LogP contribution in [0.3, 0.4) is 0 Å². The summed E-state index contributed by atoms with van der Waals surface area (Å²) >= 11 is 0. The Labute approximate surface area is 161 Å². The van der Waals surface area contributed by atoms with E-state index in [1.165, 1.54) is 31.3 Å². The van der Waals surface area contributed by atoms with Gasteiger partial charge >= 0.3 is 5.97 Å². The molecule has 5 saturated carbocycles. The van der Waals surface area contributed by atoms with E-state index in [1.54, 1.807) is 0 Å². The predicted molar refractivity (Wildman–Crippen MR) is 99.5 cm³/mol. The van der Waals surface area contributed by atoms with E-state index >= 15 is 0 Å². The first-order valence-electron chi connectivity index (χ1n) is 11.4. The first-order valence-corrected chi connectivity index (χ1v) is 11.4. The van der Waals surface area contributed by atoms with Crippen LogP contribution in [0.15, 0.2) is 11.6 Å². The van der Waals surface area contributed by atoms with Gasteiger partial charge in [-0.3, -0.25) is 9.59 Å². The molecule has 0 aromatic carbocycles. The second kappa shape index (κ2) is 4.39. The highest BCUT2D eigenvalue weighted by Crippen LogP contribution is 2.82. The van der Waals surface area contributed by atoms with Gasteiger partial charge in [-0.15, -0.1) is 0 Å². The molecular weight excluding hydrogens is 336 g/mol. The quantitative estimate of drug-likeness (QED) is 0.600. The third-order valence-electron chi connectivity index (χ3n) is 10.9. The summed E-state index contributed by atoms with van der Waals surface area (Å²) in [5, 5.41) is 0. The van der Waals surface area contributed by atoms with Crippen molar-refractivity contribution in [1.82, 2.24) is 0 Å². The molecule has 7 rings (SSSR count). The lowest BCUT2D eigenvalue weighted by atomic mass is 9.45. The normalized spacial score (nSPS) is 62.0. The van der Waals surface area contributed by atoms with Gasteiger partial charge in [0.1, 0.15) is 5.60 Å². The highest BCUT2D eigenvalue weighted by atomic mass is 16.6. The van der Waals surface area contributed by atoms with E-state index in [-0.39, 0.29) is 22.4 Å². The largest absolute Gasteiger partial charge is 0.458 e. The zero-order valence-corrected chi connectivity index (χ0v) is 16.5. The molecule has 0 bridgehead atoms. The fraction of sp³-hybridized carbons (Fsp3) is 0.833. The Morgan fingerprint density at radius 2 is 1.85 bits per heavy atom. The van der Waals surface area contributed by atoms with E-state index in [0.29, 0.717) is 24.0 Å². The molecule has 1 saturated heterocycles. The summed E-state index contributed by atoms with van der Waals surface area (Å²) in [5.74, 6) is 5.65. The van der Waals surface area contributed by atoms with E-state index in [4.69, 9.17) is 4.74 Å². The number of fused-ring (bicyclic) bond motifs is 12. The number of hydrogen-bond donors (Lipinski definition) is 0. The average Bonchev–Trinajstić information content (AvgIpc) is 3.53. The maximum Gasteiger partial charge on any atom is 0.306 e. The topological polar surface area (TPSA) is 43.4 Å². The second-order valence-electron chi connectivity index (χ2n) is 11.5. The smallest absolute Gasteiger partial charge is 0.306 e. The van der Waals surface area contributed by atoms with Gasteiger partial charge in [0.2, 0.25) is 0 Å². The SMILES string of the molecule is C[C@]12CCC(=O)C=C1C1CC1C1C2CC[C@@]2(C)C1C1CC1[C@@]21CCC(=O)O1. The molecule has 0 aromatic heterocycles. The molecule has 7 unspecified atom stereocenters. The molecule has 3 nitrogen and oxygen atoms in total. The van der Waals surface area contributed by atoms with Crippen LogP contribution in [0.1, 0.15) is 65.2 Å². The molecule has 0 aromatic rings. The van der Waals surface area contributed by atoms with Crippen LogP contribution in [0.5, 0.6) is 0 Å². The highest BCUT2D eigenvalue weighted by Gasteiger charge is 2.81. The van der Waals surface area contributed by atoms with Crippen molar-refractivity contribution in [3.05, 3.63) is 11.6 Å². The van der Waals surface area contributed by atoms with Gasteiger partial charge in [-0.2, -0.15) is 0 Å². The van der Waals surface area contributed by atoms with Crippen LogP contribution in [-0.4, -0.2) is 17.4 Å². The Morgan fingerprint density at radius 3 is 2.63 bits per heavy atom. The van der Waals surface area contributed by atoms with Crippen molar-refractivity contribution in [2.45, 2.75) is 70.8 Å². The fourth-order valence-electron chi connectivity index (χ4n) is 9.74. The minimum absolute atomic E-state index is 0.0561. The average molecular weight is 367 g/mol. The van der Waals surface area contributed by atoms with Crippen LogP contribution in [0.25, 0.3) is 0 Å². The van der Waals surface area contributed by atoms with Gasteiger partial charge in [0.25, 0.3) is 0 Å². The molecule has 10 atom stereocenters. The lowest BCUT2D eigenvalue weighted by molar-refractivity contribution is -0.177. The Morgan fingerprint density at radius 1 is 1.00 bits per heavy atom. The standard InChI is InChI=1S/C24H30O3/c1-22-6-3-12(25)9-17(22)13-10-14(13)20-16(22)4-7-23(2)21(20)15-11-18(15)24(23)8-5-19(26)27-24/h9,13-16,18,20-21H,3-8,10-11H2,1-2H3/t13?,14?,15?,16?,18?,20?,21?,22-,23+,24+/m1/s1. The molecule has 0 radical (unpaired) electrons. The van der Waals surface area contributed by atoms with Crippen LogP contribution < -0.4 is 0 Å². The van der Waals surface area contributed by atoms with Gasteiger partial charge < -0.3 is 4.74 Å². The van der Waals surface area contributed by atoms with Gasteiger partial charge in [-0.25, -0.2) is 0 Å². The number of esters is 1. The molecule has 6 aliphatic carbocycles. The Bertz CT molecular complexity index is 827. The van der Waals surface area contributed by atoms with Crippen LogP contribution >= 0.6 is 0 Å². The summed E-state index contributed by atoms with van der Waals surface area (Å²) in [7, 11) is 0. The number of carbonyl (C=O) groups excluding carboxylic acids is 2. The number of rotatable bonds is 0. The van der Waals surface area contributed by atoms with Gasteiger partial charge in [-0.05, 0) is 85.5 Å². The molecule has 1 heterocycles. The molecule has 1 spiro atoms. The van der Waals surface area contributed by atoms with Gasteiger partial charge in [-0.1, -0.05) is 19.4 Å². The molecule has 0 N–H and O–H groups in total. The maximum absolute atomic E-state index is 12.2. The number of ketones is 1. The molecule has 3 heteroatoms. The first-order chi connectivity index (χ1) is 12.9. The third-order valence-corrected chi connectivity index (χ3v) is 10.9. The lowest BCUT2D eigenvalue weighted by Gasteiger charge is -2.60. The van der Waals surface area contributed by atoms with E-state index in [9.17, 15) is 9.59 Å². The number of ether oxygens (including phenoxy) is 1. The number of hydrogen-bond acceptors (Lipinski definition) is 3. The minimum atomic E-state index is -0.131. The summed E-state index contributed by atoms with van der Waals surface area (Å²) in [5.41, 5.74) is 1.85. The summed E-state index contributed by atoms with van der Waals surface area (Å²) in [6, 6.07) is 0. The summed E-state index contributed by atoms with van der Waals surface area (Å²) in [6.45, 7) is 4.99. The van der Waals surface area contributed by atoms with E-state index in [1.807, 2.05) is 0 Å². The molecule has 7 aliphatic rings. The van der Waals surface area contributed by atoms with Gasteiger partial charge in [0, 0.05) is 24.2 Å². The van der Waals surface area contributed by atoms with Gasteiger partial charge in [0.05, 0.1) is 0 Å². The molecule has 0 amide bonds. The van der Waals surface area contributed by atoms with Gasteiger partial charge in [0.15, 0.2) is 5.78 Å². The fourth-order valence-corrected chi connectivity index (χ4v) is 9.74. The zero-order valence-electron chi connectivity index (χ0n) is 16.5. The highest BCUT2D eigenvalue weighted by molar-refractivity contribution is 5.92. The second-order valence-corrected chi connectivity index (χ2v) is 11.5. The Balaban J connectivity index is 1.33. The van der Waals surface area contributed by atoms with Crippen molar-refractivity contribution in [3.63, 3.8) is 0 Å². The van der Waals surface area contributed by atoms with E-state index < -0.39 is 0 Å². The molecule has 6 fully saturated rings. The van der Waals surface area contributed by atoms with Crippen molar-refractivity contribution < 1.29 is 14.3 Å². The van der Waals surface area contributed by atoms with Crippen LogP contribution in [0.4, 0.5) is 0 Å². The lowest BCUT2D eigenvalue weighted by Crippen LogP contribution is -2.57. The van der Waals surface area contributed by atoms with Crippen LogP contribution in [-0.2, 0) is 14.3 Å². The van der Waals surface area contributed by atoms with Crippen LogP contribution in [0, 0.1) is 52.3 Å². The minimum Gasteiger partial charge on any atom is -0.458 e. The summed E-state index contributed by atoms with van der Waals surface area (Å²) in [6.07, 6.45) is 10.6. The molecule has 27 heavy (non-hydrogen) atoms. The van der Waals surface area contributed by atoms with Crippen molar-refractivity contribution in [2.75, 3.05) is 0 Å². The summed E-state index contributed by atoms with van der Waals surface area (Å²) < 4.78 is 6.22. The number of carbonyl (C=O) groups is 2. The zero-order chi connectivity index (χ0) is 18.3. The van der Waals surface area contributed by atoms with Crippen LogP contribution in [0.2, 0.25) is 0 Å². The van der Waals surface area contributed by atoms with Crippen molar-refractivity contribution in [3.8, 4) is 0 Å². The Hall–Kier alpha value is -1.12. The molecule has 144 valence electrons. The third kappa shape index (κ3) is 1.58.